The molecule has 0 aromatic carbocycles. The van der Waals surface area contributed by atoms with Crippen LogP contribution in [0.15, 0.2) is 10.4 Å². The van der Waals surface area contributed by atoms with Crippen LogP contribution < -0.4 is 10.6 Å². The molecular formula is C17H31IN4OS. The van der Waals surface area contributed by atoms with E-state index in [0.717, 1.165) is 42.8 Å². The maximum absolute atomic E-state index is 5.98. The Bertz CT molecular complexity index is 473. The molecule has 0 bridgehead atoms. The maximum atomic E-state index is 5.98. The summed E-state index contributed by atoms with van der Waals surface area (Å²) in [6.07, 6.45) is 9.20. The lowest BCUT2D eigenvalue weighted by atomic mass is 10.1. The van der Waals surface area contributed by atoms with Crippen LogP contribution in [0, 0.1) is 6.92 Å². The largest absolute Gasteiger partial charge is 0.376 e. The van der Waals surface area contributed by atoms with Crippen molar-refractivity contribution in [1.82, 2.24) is 15.6 Å². The van der Waals surface area contributed by atoms with Crippen LogP contribution in [-0.2, 0) is 11.2 Å². The number of nitrogens with zero attached hydrogens (tertiary/aromatic N) is 2. The van der Waals surface area contributed by atoms with Gasteiger partial charge < -0.3 is 15.4 Å². The number of ether oxygens (including phenoxy) is 1. The summed E-state index contributed by atoms with van der Waals surface area (Å²) in [6.45, 7) is 4.42. The molecule has 138 valence electrons. The van der Waals surface area contributed by atoms with E-state index in [9.17, 15) is 0 Å². The first-order valence-electron chi connectivity index (χ1n) is 8.75. The number of thiazole rings is 1. The highest BCUT2D eigenvalue weighted by Gasteiger charge is 2.12. The van der Waals surface area contributed by atoms with E-state index >= 15 is 0 Å². The van der Waals surface area contributed by atoms with Crippen molar-refractivity contribution in [3.05, 3.63) is 16.1 Å². The van der Waals surface area contributed by atoms with Crippen LogP contribution in [-0.4, -0.2) is 43.8 Å². The predicted octanol–water partition coefficient (Wildman–Crippen LogP) is 3.52. The van der Waals surface area contributed by atoms with Crippen LogP contribution in [0.5, 0.6) is 0 Å². The van der Waals surface area contributed by atoms with Gasteiger partial charge in [0.15, 0.2) is 5.96 Å². The van der Waals surface area contributed by atoms with Crippen LogP contribution in [0.2, 0.25) is 0 Å². The fourth-order valence-corrected chi connectivity index (χ4v) is 3.50. The van der Waals surface area contributed by atoms with E-state index in [4.69, 9.17) is 4.74 Å². The highest BCUT2D eigenvalue weighted by atomic mass is 127. The molecule has 1 aliphatic carbocycles. The molecule has 0 amide bonds. The van der Waals surface area contributed by atoms with E-state index in [0.29, 0.717) is 6.10 Å². The highest BCUT2D eigenvalue weighted by molar-refractivity contribution is 14.0. The molecule has 1 heterocycles. The van der Waals surface area contributed by atoms with Crippen LogP contribution in [0.4, 0.5) is 0 Å². The first-order valence-corrected chi connectivity index (χ1v) is 9.63. The van der Waals surface area contributed by atoms with Gasteiger partial charge in [0.1, 0.15) is 0 Å². The highest BCUT2D eigenvalue weighted by Crippen LogP contribution is 2.19. The summed E-state index contributed by atoms with van der Waals surface area (Å²) in [4.78, 5) is 8.71. The fraction of sp³-hybridized carbons (Fsp3) is 0.765. The molecule has 24 heavy (non-hydrogen) atoms. The Balaban J connectivity index is 0.00000288. The minimum atomic E-state index is 0. The summed E-state index contributed by atoms with van der Waals surface area (Å²) in [7, 11) is 1.80. The average Bonchev–Trinajstić information content (AvgIpc) is 2.81. The lowest BCUT2D eigenvalue weighted by Crippen LogP contribution is -2.40. The molecule has 0 unspecified atom stereocenters. The molecule has 0 spiro atoms. The number of nitrogens with one attached hydrogen (secondary N) is 2. The number of hydrogen-bond acceptors (Lipinski definition) is 4. The van der Waals surface area contributed by atoms with E-state index in [2.05, 4.69) is 26.0 Å². The minimum Gasteiger partial charge on any atom is -0.376 e. The summed E-state index contributed by atoms with van der Waals surface area (Å²) in [5.74, 6) is 0.835. The average molecular weight is 466 g/mol. The molecule has 0 radical (unpaired) electrons. The monoisotopic (exact) mass is 466 g/mol. The molecule has 1 aromatic rings. The van der Waals surface area contributed by atoms with Gasteiger partial charge in [-0.05, 0) is 19.8 Å². The van der Waals surface area contributed by atoms with Crippen LogP contribution >= 0.6 is 35.3 Å². The Hall–Kier alpha value is -0.410. The fourth-order valence-electron chi connectivity index (χ4n) is 2.86. The number of guanidine groups is 1. The molecule has 1 saturated carbocycles. The Morgan fingerprint density at radius 1 is 1.25 bits per heavy atom. The summed E-state index contributed by atoms with van der Waals surface area (Å²) < 4.78 is 5.98. The topological polar surface area (TPSA) is 58.5 Å². The zero-order chi connectivity index (χ0) is 16.3. The third-order valence-electron chi connectivity index (χ3n) is 4.11. The number of aromatic nitrogens is 1. The Morgan fingerprint density at radius 2 is 1.96 bits per heavy atom. The molecule has 2 rings (SSSR count). The number of aryl methyl sites for hydroxylation is 1. The van der Waals surface area contributed by atoms with Crippen molar-refractivity contribution in [3.8, 4) is 0 Å². The van der Waals surface area contributed by atoms with Crippen molar-refractivity contribution in [1.29, 1.82) is 0 Å². The standard InChI is InChI=1S/C17H30N4OS.HI/c1-14-21-15(13-23-14)9-10-19-17(18-2)20-11-12-22-16-7-5-3-4-6-8-16;/h13,16H,3-12H2,1-2H3,(H2,18,19,20);1H. The second kappa shape index (κ2) is 12.9. The van der Waals surface area contributed by atoms with Gasteiger partial charge >= 0.3 is 0 Å². The molecule has 2 N–H and O–H groups in total. The molecule has 0 atom stereocenters. The lowest BCUT2D eigenvalue weighted by molar-refractivity contribution is 0.0468. The quantitative estimate of drug-likeness (QED) is 0.212. The second-order valence-electron chi connectivity index (χ2n) is 6.02. The first-order chi connectivity index (χ1) is 11.3. The molecule has 7 heteroatoms. The van der Waals surface area contributed by atoms with Crippen molar-refractivity contribution in [2.75, 3.05) is 26.7 Å². The number of halogens is 1. The molecule has 5 nitrogen and oxygen atoms in total. The van der Waals surface area contributed by atoms with Gasteiger partial charge in [-0.25, -0.2) is 4.98 Å². The smallest absolute Gasteiger partial charge is 0.191 e. The first kappa shape index (κ1) is 21.6. The van der Waals surface area contributed by atoms with Gasteiger partial charge in [0.05, 0.1) is 23.4 Å². The Morgan fingerprint density at radius 3 is 2.58 bits per heavy atom. The Labute approximate surface area is 167 Å². The van der Waals surface area contributed by atoms with Gasteiger partial charge in [-0.3, -0.25) is 4.99 Å². The van der Waals surface area contributed by atoms with Crippen molar-refractivity contribution in [2.45, 2.75) is 58.0 Å². The SMILES string of the molecule is CN=C(NCCOC1CCCCCC1)NCCc1csc(C)n1.I. The molecule has 1 fully saturated rings. The molecule has 0 saturated heterocycles. The van der Waals surface area contributed by atoms with Gasteiger partial charge in [-0.2, -0.15) is 0 Å². The summed E-state index contributed by atoms with van der Waals surface area (Å²) in [6, 6.07) is 0. The zero-order valence-electron chi connectivity index (χ0n) is 14.8. The van der Waals surface area contributed by atoms with Crippen molar-refractivity contribution in [2.24, 2.45) is 4.99 Å². The normalized spacial score (nSPS) is 16.3. The third-order valence-corrected chi connectivity index (χ3v) is 4.94. The molecule has 1 aliphatic rings. The van der Waals surface area contributed by atoms with Crippen LogP contribution in [0.25, 0.3) is 0 Å². The van der Waals surface area contributed by atoms with Gasteiger partial charge in [0, 0.05) is 31.9 Å². The number of hydrogen-bond donors (Lipinski definition) is 2. The summed E-state index contributed by atoms with van der Waals surface area (Å²) >= 11 is 1.70. The van der Waals surface area contributed by atoms with E-state index < -0.39 is 0 Å². The van der Waals surface area contributed by atoms with Gasteiger partial charge in [0.25, 0.3) is 0 Å². The molecular weight excluding hydrogens is 435 g/mol. The Kier molecular flexibility index (Phi) is 11.6. The van der Waals surface area contributed by atoms with Gasteiger partial charge in [-0.1, -0.05) is 25.7 Å². The summed E-state index contributed by atoms with van der Waals surface area (Å²) in [5, 5.41) is 9.88. The van der Waals surface area contributed by atoms with Crippen LogP contribution in [0.3, 0.4) is 0 Å². The predicted molar refractivity (Wildman–Crippen MR) is 113 cm³/mol. The van der Waals surface area contributed by atoms with Crippen molar-refractivity contribution < 1.29 is 4.74 Å². The second-order valence-corrected chi connectivity index (χ2v) is 7.08. The zero-order valence-corrected chi connectivity index (χ0v) is 18.0. The van der Waals surface area contributed by atoms with Gasteiger partial charge in [-0.15, -0.1) is 35.3 Å². The van der Waals surface area contributed by atoms with E-state index in [-0.39, 0.29) is 24.0 Å². The third kappa shape index (κ3) is 8.62. The van der Waals surface area contributed by atoms with Crippen molar-refractivity contribution in [3.63, 3.8) is 0 Å². The van der Waals surface area contributed by atoms with E-state index in [1.165, 1.54) is 38.5 Å². The van der Waals surface area contributed by atoms with Crippen molar-refractivity contribution >= 4 is 41.3 Å². The molecule has 1 aromatic heterocycles. The van der Waals surface area contributed by atoms with E-state index in [1.807, 2.05) is 6.92 Å². The van der Waals surface area contributed by atoms with Crippen LogP contribution in [0.1, 0.15) is 49.2 Å². The number of aliphatic imine (C=N–C) groups is 1. The maximum Gasteiger partial charge on any atom is 0.191 e. The number of rotatable bonds is 7. The molecule has 0 aliphatic heterocycles. The minimum absolute atomic E-state index is 0. The summed E-state index contributed by atoms with van der Waals surface area (Å²) in [5.41, 5.74) is 1.15. The lowest BCUT2D eigenvalue weighted by Gasteiger charge is -2.16. The van der Waals surface area contributed by atoms with Gasteiger partial charge in [0.2, 0.25) is 0 Å². The van der Waals surface area contributed by atoms with E-state index in [1.54, 1.807) is 18.4 Å².